The predicted octanol–water partition coefficient (Wildman–Crippen LogP) is 5.61. The Hall–Kier alpha value is -0.870. The summed E-state index contributed by atoms with van der Waals surface area (Å²) in [5.74, 6) is 2.52. The van der Waals surface area contributed by atoms with E-state index in [1.54, 1.807) is 6.07 Å². The SMILES string of the molecule is CCSc1cc(-c2ccc(Cl)cc2Cl)cc2c1OC1CCNC[C@@H]21. The highest BCUT2D eigenvalue weighted by Gasteiger charge is 2.38. The van der Waals surface area contributed by atoms with Gasteiger partial charge in [0.15, 0.2) is 0 Å². The number of ether oxygens (including phenoxy) is 1. The van der Waals surface area contributed by atoms with Crippen LogP contribution in [0.5, 0.6) is 5.75 Å². The molecule has 2 aromatic rings. The molecule has 0 aliphatic carbocycles. The number of hydrogen-bond donors (Lipinski definition) is 1. The fourth-order valence-corrected chi connectivity index (χ4v) is 4.94. The molecule has 24 heavy (non-hydrogen) atoms. The van der Waals surface area contributed by atoms with Crippen LogP contribution in [0.4, 0.5) is 0 Å². The summed E-state index contributed by atoms with van der Waals surface area (Å²) in [6, 6.07) is 10.2. The van der Waals surface area contributed by atoms with Gasteiger partial charge in [0.05, 0.1) is 4.90 Å². The minimum absolute atomic E-state index is 0.299. The van der Waals surface area contributed by atoms with Crippen molar-refractivity contribution in [2.75, 3.05) is 18.8 Å². The van der Waals surface area contributed by atoms with E-state index in [-0.39, 0.29) is 0 Å². The van der Waals surface area contributed by atoms with Gasteiger partial charge >= 0.3 is 0 Å². The number of hydrogen-bond acceptors (Lipinski definition) is 3. The van der Waals surface area contributed by atoms with Crippen LogP contribution in [0.25, 0.3) is 11.1 Å². The molecule has 0 spiro atoms. The topological polar surface area (TPSA) is 21.3 Å². The van der Waals surface area contributed by atoms with Gasteiger partial charge in [-0.05, 0) is 48.5 Å². The summed E-state index contributed by atoms with van der Waals surface area (Å²) in [4.78, 5) is 1.21. The molecular weight excluding hydrogens is 361 g/mol. The Labute approximate surface area is 156 Å². The lowest BCUT2D eigenvalue weighted by Crippen LogP contribution is -2.37. The maximum atomic E-state index is 6.45. The summed E-state index contributed by atoms with van der Waals surface area (Å²) < 4.78 is 6.32. The van der Waals surface area contributed by atoms with Crippen LogP contribution in [0.2, 0.25) is 10.0 Å². The molecule has 2 atom stereocenters. The second-order valence-electron chi connectivity index (χ2n) is 6.21. The smallest absolute Gasteiger partial charge is 0.137 e. The molecule has 2 aromatic carbocycles. The Kier molecular flexibility index (Phi) is 4.70. The lowest BCUT2D eigenvalue weighted by molar-refractivity contribution is 0.169. The maximum absolute atomic E-state index is 6.45. The molecule has 0 saturated carbocycles. The van der Waals surface area contributed by atoms with Crippen LogP contribution in [-0.2, 0) is 0 Å². The highest BCUT2D eigenvalue weighted by molar-refractivity contribution is 7.99. The number of rotatable bonds is 3. The molecule has 0 amide bonds. The van der Waals surface area contributed by atoms with Crippen LogP contribution in [-0.4, -0.2) is 24.9 Å². The zero-order chi connectivity index (χ0) is 16.7. The second-order valence-corrected chi connectivity index (χ2v) is 8.35. The van der Waals surface area contributed by atoms with Crippen LogP contribution in [0.3, 0.4) is 0 Å². The van der Waals surface area contributed by atoms with E-state index in [2.05, 4.69) is 24.4 Å². The zero-order valence-corrected chi connectivity index (χ0v) is 15.8. The van der Waals surface area contributed by atoms with Crippen LogP contribution in [0.1, 0.15) is 24.8 Å². The van der Waals surface area contributed by atoms with Gasteiger partial charge < -0.3 is 10.1 Å². The monoisotopic (exact) mass is 379 g/mol. The second kappa shape index (κ2) is 6.80. The van der Waals surface area contributed by atoms with E-state index in [4.69, 9.17) is 27.9 Å². The molecule has 0 aromatic heterocycles. The van der Waals surface area contributed by atoms with Crippen molar-refractivity contribution >= 4 is 35.0 Å². The Morgan fingerprint density at radius 1 is 1.25 bits per heavy atom. The number of fused-ring (bicyclic) bond motifs is 3. The molecular formula is C19H19Cl2NOS. The molecule has 1 N–H and O–H groups in total. The molecule has 2 aliphatic rings. The van der Waals surface area contributed by atoms with Crippen LogP contribution < -0.4 is 10.1 Å². The maximum Gasteiger partial charge on any atom is 0.137 e. The quantitative estimate of drug-likeness (QED) is 0.700. The summed E-state index contributed by atoms with van der Waals surface area (Å²) in [7, 11) is 0. The van der Waals surface area contributed by atoms with E-state index in [1.165, 1.54) is 10.5 Å². The first-order valence-corrected chi connectivity index (χ1v) is 10.0. The number of piperidine rings is 1. The minimum atomic E-state index is 0.299. The first-order valence-electron chi connectivity index (χ1n) is 8.31. The fourth-order valence-electron chi connectivity index (χ4n) is 3.60. The normalized spacial score (nSPS) is 22.0. The number of thioether (sulfide) groups is 1. The highest BCUT2D eigenvalue weighted by atomic mass is 35.5. The van der Waals surface area contributed by atoms with Crippen molar-refractivity contribution in [3.8, 4) is 16.9 Å². The van der Waals surface area contributed by atoms with Crippen molar-refractivity contribution < 1.29 is 4.74 Å². The van der Waals surface area contributed by atoms with Crippen molar-refractivity contribution in [1.82, 2.24) is 5.32 Å². The van der Waals surface area contributed by atoms with Crippen molar-refractivity contribution in [3.63, 3.8) is 0 Å². The number of halogens is 2. The van der Waals surface area contributed by atoms with Gasteiger partial charge in [-0.2, -0.15) is 0 Å². The first kappa shape index (κ1) is 16.6. The van der Waals surface area contributed by atoms with E-state index < -0.39 is 0 Å². The lowest BCUT2D eigenvalue weighted by Gasteiger charge is -2.24. The van der Waals surface area contributed by atoms with Crippen molar-refractivity contribution in [2.24, 2.45) is 0 Å². The summed E-state index contributed by atoms with van der Waals surface area (Å²) in [5.41, 5.74) is 3.47. The third kappa shape index (κ3) is 2.92. The Morgan fingerprint density at radius 2 is 2.12 bits per heavy atom. The zero-order valence-electron chi connectivity index (χ0n) is 13.4. The minimum Gasteiger partial charge on any atom is -0.488 e. The average Bonchev–Trinajstić information content (AvgIpc) is 2.94. The molecule has 5 heteroatoms. The van der Waals surface area contributed by atoms with E-state index in [1.807, 2.05) is 23.9 Å². The molecule has 2 heterocycles. The third-order valence-electron chi connectivity index (χ3n) is 4.71. The average molecular weight is 380 g/mol. The third-order valence-corrected chi connectivity index (χ3v) is 6.16. The van der Waals surface area contributed by atoms with Gasteiger partial charge in [0.1, 0.15) is 11.9 Å². The Bertz CT molecular complexity index is 780. The first-order chi connectivity index (χ1) is 11.7. The van der Waals surface area contributed by atoms with E-state index in [0.717, 1.165) is 42.1 Å². The van der Waals surface area contributed by atoms with Crippen molar-refractivity contribution in [2.45, 2.75) is 30.3 Å². The van der Waals surface area contributed by atoms with E-state index in [9.17, 15) is 0 Å². The van der Waals surface area contributed by atoms with Gasteiger partial charge in [0.25, 0.3) is 0 Å². The molecule has 0 bridgehead atoms. The number of benzene rings is 2. The lowest BCUT2D eigenvalue weighted by atomic mass is 9.89. The fraction of sp³-hybridized carbons (Fsp3) is 0.368. The highest BCUT2D eigenvalue weighted by Crippen LogP contribution is 2.48. The van der Waals surface area contributed by atoms with Crippen LogP contribution in [0.15, 0.2) is 35.2 Å². The van der Waals surface area contributed by atoms with Gasteiger partial charge in [0.2, 0.25) is 0 Å². The molecule has 2 aliphatic heterocycles. The van der Waals surface area contributed by atoms with Gasteiger partial charge in [-0.3, -0.25) is 0 Å². The predicted molar refractivity (Wildman–Crippen MR) is 103 cm³/mol. The van der Waals surface area contributed by atoms with Crippen LogP contribution in [0, 0.1) is 0 Å². The molecule has 0 radical (unpaired) electrons. The molecule has 1 saturated heterocycles. The van der Waals surface area contributed by atoms with E-state index >= 15 is 0 Å². The standard InChI is InChI=1S/C19H19Cl2NOS/c1-2-24-18-8-11(13-4-3-12(20)9-16(13)21)7-14-15-10-22-6-5-17(15)23-19(14)18/h3-4,7-9,15,17,22H,2,5-6,10H2,1H3/t15-,17?/m0/s1. The summed E-state index contributed by atoms with van der Waals surface area (Å²) in [5, 5.41) is 4.84. The van der Waals surface area contributed by atoms with Crippen molar-refractivity contribution in [1.29, 1.82) is 0 Å². The number of nitrogens with one attached hydrogen (secondary N) is 1. The van der Waals surface area contributed by atoms with Crippen molar-refractivity contribution in [3.05, 3.63) is 45.9 Å². The largest absolute Gasteiger partial charge is 0.488 e. The summed E-state index contributed by atoms with van der Waals surface area (Å²) in [6.07, 6.45) is 1.36. The summed E-state index contributed by atoms with van der Waals surface area (Å²) in [6.45, 7) is 4.18. The molecule has 1 fully saturated rings. The molecule has 126 valence electrons. The molecule has 1 unspecified atom stereocenters. The summed E-state index contributed by atoms with van der Waals surface area (Å²) >= 11 is 14.3. The van der Waals surface area contributed by atoms with Crippen LogP contribution >= 0.6 is 35.0 Å². The van der Waals surface area contributed by atoms with Gasteiger partial charge in [-0.15, -0.1) is 11.8 Å². The van der Waals surface area contributed by atoms with Gasteiger partial charge in [-0.1, -0.05) is 36.2 Å². The van der Waals surface area contributed by atoms with Gasteiger partial charge in [0, 0.05) is 33.6 Å². The Morgan fingerprint density at radius 3 is 2.92 bits per heavy atom. The van der Waals surface area contributed by atoms with Gasteiger partial charge in [-0.25, -0.2) is 0 Å². The molecule has 4 rings (SSSR count). The Balaban J connectivity index is 1.83. The van der Waals surface area contributed by atoms with E-state index in [0.29, 0.717) is 22.1 Å². The molecule has 2 nitrogen and oxygen atoms in total.